The van der Waals surface area contributed by atoms with Gasteiger partial charge < -0.3 is 5.11 Å². The number of para-hydroxylation sites is 2. The molecule has 0 saturated carbocycles. The fourth-order valence-electron chi connectivity index (χ4n) is 4.22. The van der Waals surface area contributed by atoms with Gasteiger partial charge in [-0.25, -0.2) is 4.98 Å². The first kappa shape index (κ1) is 19.0. The molecule has 3 aromatic rings. The number of rotatable bonds is 6. The van der Waals surface area contributed by atoms with E-state index in [2.05, 4.69) is 34.8 Å². The molecular formula is C23H28N4O. The third kappa shape index (κ3) is 3.64. The number of aliphatic hydroxyl groups excluding tert-OH is 1. The Balaban J connectivity index is 1.47. The van der Waals surface area contributed by atoms with Crippen LogP contribution >= 0.6 is 0 Å². The summed E-state index contributed by atoms with van der Waals surface area (Å²) in [6.07, 6.45) is 6.45. The van der Waals surface area contributed by atoms with Crippen molar-refractivity contribution in [1.29, 1.82) is 0 Å². The van der Waals surface area contributed by atoms with Crippen LogP contribution in [0.1, 0.15) is 38.1 Å². The Kier molecular flexibility index (Phi) is 5.13. The van der Waals surface area contributed by atoms with Crippen LogP contribution in [0.15, 0.2) is 54.9 Å². The topological polar surface area (TPSA) is 62.1 Å². The van der Waals surface area contributed by atoms with E-state index in [1.54, 1.807) is 0 Å². The van der Waals surface area contributed by atoms with Crippen LogP contribution < -0.4 is 0 Å². The van der Waals surface area contributed by atoms with E-state index in [0.717, 1.165) is 54.8 Å². The molecule has 0 spiro atoms. The predicted molar refractivity (Wildman–Crippen MR) is 111 cm³/mol. The molecule has 5 heteroatoms. The number of hydrogen-bond donors (Lipinski definition) is 1. The average molecular weight is 377 g/mol. The average Bonchev–Trinajstić information content (AvgIpc) is 3.19. The molecule has 5 nitrogen and oxygen atoms in total. The lowest BCUT2D eigenvalue weighted by molar-refractivity contribution is 0.0852. The number of fused-ring (bicyclic) bond motifs is 1. The van der Waals surface area contributed by atoms with Crippen molar-refractivity contribution in [3.05, 3.63) is 66.2 Å². The number of hydrogen-bond acceptors (Lipinski definition) is 5. The second-order valence-electron chi connectivity index (χ2n) is 8.45. The minimum absolute atomic E-state index is 0.0978. The largest absolute Gasteiger partial charge is 0.396 e. The summed E-state index contributed by atoms with van der Waals surface area (Å²) in [5.74, 6) is 0. The fourth-order valence-corrected chi connectivity index (χ4v) is 4.22. The zero-order valence-electron chi connectivity index (χ0n) is 16.7. The first-order chi connectivity index (χ1) is 13.5. The van der Waals surface area contributed by atoms with E-state index in [4.69, 9.17) is 4.98 Å². The monoisotopic (exact) mass is 376 g/mol. The second kappa shape index (κ2) is 7.57. The summed E-state index contributed by atoms with van der Waals surface area (Å²) < 4.78 is 0. The van der Waals surface area contributed by atoms with Crippen molar-refractivity contribution in [2.75, 3.05) is 19.7 Å². The molecule has 146 valence electrons. The summed E-state index contributed by atoms with van der Waals surface area (Å²) in [6.45, 7) is 6.47. The molecule has 1 aliphatic rings. The van der Waals surface area contributed by atoms with E-state index in [9.17, 15) is 5.11 Å². The highest BCUT2D eigenvalue weighted by Crippen LogP contribution is 2.40. The van der Waals surface area contributed by atoms with Crippen LogP contribution in [0, 0.1) is 5.41 Å². The highest BCUT2D eigenvalue weighted by molar-refractivity contribution is 5.73. The van der Waals surface area contributed by atoms with Gasteiger partial charge >= 0.3 is 0 Å². The Bertz CT molecular complexity index is 943. The van der Waals surface area contributed by atoms with Gasteiger partial charge in [0.2, 0.25) is 0 Å². The molecule has 0 radical (unpaired) electrons. The highest BCUT2D eigenvalue weighted by atomic mass is 16.3. The van der Waals surface area contributed by atoms with Crippen molar-refractivity contribution < 1.29 is 5.11 Å². The molecule has 0 amide bonds. The van der Waals surface area contributed by atoms with Crippen LogP contribution in [0.3, 0.4) is 0 Å². The molecule has 2 aromatic heterocycles. The number of nitrogens with zero attached hydrogens (tertiary/aromatic N) is 4. The van der Waals surface area contributed by atoms with E-state index in [0.29, 0.717) is 0 Å². The lowest BCUT2D eigenvalue weighted by Crippen LogP contribution is -2.42. The molecule has 4 rings (SSSR count). The molecule has 1 saturated heterocycles. The van der Waals surface area contributed by atoms with Crippen LogP contribution in [0.5, 0.6) is 0 Å². The van der Waals surface area contributed by atoms with Crippen molar-refractivity contribution in [1.82, 2.24) is 19.9 Å². The first-order valence-corrected chi connectivity index (χ1v) is 10.0. The Morgan fingerprint density at radius 3 is 2.61 bits per heavy atom. The Labute approximate surface area is 166 Å². The first-order valence-electron chi connectivity index (χ1n) is 10.0. The molecule has 1 atom stereocenters. The number of aryl methyl sites for hydroxylation is 1. The lowest BCUT2D eigenvalue weighted by atomic mass is 9.82. The number of aliphatic hydroxyl groups is 1. The Morgan fingerprint density at radius 2 is 1.86 bits per heavy atom. The molecule has 1 aromatic carbocycles. The molecule has 0 unspecified atom stereocenters. The highest BCUT2D eigenvalue weighted by Gasteiger charge is 2.43. The van der Waals surface area contributed by atoms with Crippen molar-refractivity contribution in [3.8, 4) is 0 Å². The van der Waals surface area contributed by atoms with Crippen LogP contribution in [-0.4, -0.2) is 44.7 Å². The smallest absolute Gasteiger partial charge is 0.0890 e. The minimum atomic E-state index is -0.152. The molecule has 0 aliphatic carbocycles. The summed E-state index contributed by atoms with van der Waals surface area (Å²) in [5, 5.41) is 10.2. The van der Waals surface area contributed by atoms with Crippen LogP contribution in [0.2, 0.25) is 0 Å². The van der Waals surface area contributed by atoms with Gasteiger partial charge in [0.15, 0.2) is 0 Å². The standard InChI is InChI=1S/C23H28N4O/c1-22(2,21-9-5-6-13-24-21)27-14-12-23(16-27,17-28)11-10-18-15-25-19-7-3-4-8-20(19)26-18/h3-9,13,15,28H,10-12,14,16-17H2,1-2H3/t23-/m1/s1. The van der Waals surface area contributed by atoms with Gasteiger partial charge in [0.25, 0.3) is 0 Å². The molecule has 0 bridgehead atoms. The maximum Gasteiger partial charge on any atom is 0.0890 e. The van der Waals surface area contributed by atoms with Gasteiger partial charge in [0, 0.05) is 31.0 Å². The Hall–Kier alpha value is -2.37. The van der Waals surface area contributed by atoms with E-state index >= 15 is 0 Å². The van der Waals surface area contributed by atoms with Crippen molar-refractivity contribution in [3.63, 3.8) is 0 Å². The normalized spacial score (nSPS) is 20.7. The van der Waals surface area contributed by atoms with Crippen LogP contribution in [0.4, 0.5) is 0 Å². The van der Waals surface area contributed by atoms with Crippen LogP contribution in [0.25, 0.3) is 11.0 Å². The zero-order valence-corrected chi connectivity index (χ0v) is 16.7. The quantitative estimate of drug-likeness (QED) is 0.712. The maximum absolute atomic E-state index is 10.2. The summed E-state index contributed by atoms with van der Waals surface area (Å²) in [6, 6.07) is 14.0. The number of aromatic nitrogens is 3. The van der Waals surface area contributed by atoms with Gasteiger partial charge in [-0.3, -0.25) is 14.9 Å². The fraction of sp³-hybridized carbons (Fsp3) is 0.435. The van der Waals surface area contributed by atoms with Gasteiger partial charge in [0.1, 0.15) is 0 Å². The molecule has 1 fully saturated rings. The number of benzene rings is 1. The summed E-state index contributed by atoms with van der Waals surface area (Å²) in [4.78, 5) is 16.3. The minimum Gasteiger partial charge on any atom is -0.396 e. The third-order valence-electron chi connectivity index (χ3n) is 6.27. The number of pyridine rings is 1. The molecular weight excluding hydrogens is 348 g/mol. The van der Waals surface area contributed by atoms with E-state index in [1.165, 1.54) is 0 Å². The van der Waals surface area contributed by atoms with E-state index < -0.39 is 0 Å². The molecule has 28 heavy (non-hydrogen) atoms. The van der Waals surface area contributed by atoms with Gasteiger partial charge in [-0.05, 0) is 63.9 Å². The summed E-state index contributed by atoms with van der Waals surface area (Å²) in [5.41, 5.74) is 3.67. The zero-order chi connectivity index (χ0) is 19.6. The van der Waals surface area contributed by atoms with E-state index in [1.807, 2.05) is 48.8 Å². The van der Waals surface area contributed by atoms with Gasteiger partial charge in [0.05, 0.1) is 28.0 Å². The van der Waals surface area contributed by atoms with Gasteiger partial charge in [-0.1, -0.05) is 18.2 Å². The lowest BCUT2D eigenvalue weighted by Gasteiger charge is -2.37. The predicted octanol–water partition coefficient (Wildman–Crippen LogP) is 3.58. The Morgan fingerprint density at radius 1 is 1.07 bits per heavy atom. The van der Waals surface area contributed by atoms with Gasteiger partial charge in [-0.2, -0.15) is 0 Å². The van der Waals surface area contributed by atoms with Crippen molar-refractivity contribution in [2.45, 2.75) is 38.6 Å². The van der Waals surface area contributed by atoms with Crippen LogP contribution in [-0.2, 0) is 12.0 Å². The van der Waals surface area contributed by atoms with Gasteiger partial charge in [-0.15, -0.1) is 0 Å². The second-order valence-corrected chi connectivity index (χ2v) is 8.45. The third-order valence-corrected chi connectivity index (χ3v) is 6.27. The van der Waals surface area contributed by atoms with E-state index in [-0.39, 0.29) is 17.6 Å². The molecule has 1 aliphatic heterocycles. The molecule has 1 N–H and O–H groups in total. The summed E-state index contributed by atoms with van der Waals surface area (Å²) in [7, 11) is 0. The summed E-state index contributed by atoms with van der Waals surface area (Å²) >= 11 is 0. The SMILES string of the molecule is CC(C)(c1ccccn1)N1CC[C@](CO)(CCc2cnc3ccccc3n2)C1. The van der Waals surface area contributed by atoms with Crippen molar-refractivity contribution >= 4 is 11.0 Å². The molecule has 3 heterocycles. The number of likely N-dealkylation sites (tertiary alicyclic amines) is 1. The van der Waals surface area contributed by atoms with Crippen molar-refractivity contribution in [2.24, 2.45) is 5.41 Å². The maximum atomic E-state index is 10.2.